The first-order chi connectivity index (χ1) is 14.6. The van der Waals surface area contributed by atoms with Gasteiger partial charge in [-0.05, 0) is 58.0 Å². The molecule has 3 rings (SSSR count). The van der Waals surface area contributed by atoms with Gasteiger partial charge in [0.1, 0.15) is 0 Å². The first-order valence-electron chi connectivity index (χ1n) is 9.89. The van der Waals surface area contributed by atoms with Crippen LogP contribution in [0.5, 0.6) is 0 Å². The van der Waals surface area contributed by atoms with Crippen LogP contribution in [0.25, 0.3) is 0 Å². The molecular formula is C23H23ClN2O5. The summed E-state index contributed by atoms with van der Waals surface area (Å²) in [6.07, 6.45) is 0. The molecule has 1 aliphatic heterocycles. The zero-order valence-electron chi connectivity index (χ0n) is 17.7. The van der Waals surface area contributed by atoms with Gasteiger partial charge < -0.3 is 9.64 Å². The van der Waals surface area contributed by atoms with Crippen molar-refractivity contribution in [1.82, 2.24) is 4.90 Å². The molecule has 0 spiro atoms. The van der Waals surface area contributed by atoms with Gasteiger partial charge in [-0.1, -0.05) is 23.7 Å². The van der Waals surface area contributed by atoms with Crippen molar-refractivity contribution in [2.75, 3.05) is 11.5 Å². The van der Waals surface area contributed by atoms with Crippen LogP contribution in [0.1, 0.15) is 58.8 Å². The Morgan fingerprint density at radius 3 is 2.19 bits per heavy atom. The Morgan fingerprint density at radius 2 is 1.58 bits per heavy atom. The molecule has 0 unspecified atom stereocenters. The van der Waals surface area contributed by atoms with Gasteiger partial charge in [0.25, 0.3) is 17.7 Å². The fraction of sp³-hybridized carbons (Fsp3) is 0.304. The molecule has 8 heteroatoms. The summed E-state index contributed by atoms with van der Waals surface area (Å²) in [5.41, 5.74) is 0.599. The molecule has 0 bridgehead atoms. The molecule has 0 radical (unpaired) electrons. The summed E-state index contributed by atoms with van der Waals surface area (Å²) < 4.78 is 5.16. The van der Waals surface area contributed by atoms with Crippen LogP contribution in [-0.2, 0) is 9.53 Å². The van der Waals surface area contributed by atoms with Crippen LogP contribution in [-0.4, -0.2) is 47.3 Å². The topological polar surface area (TPSA) is 84.0 Å². The van der Waals surface area contributed by atoms with E-state index < -0.39 is 24.4 Å². The third-order valence-electron chi connectivity index (χ3n) is 4.94. The highest BCUT2D eigenvalue weighted by Crippen LogP contribution is 2.33. The van der Waals surface area contributed by atoms with E-state index in [9.17, 15) is 19.2 Å². The first kappa shape index (κ1) is 22.5. The van der Waals surface area contributed by atoms with E-state index in [4.69, 9.17) is 16.3 Å². The number of imide groups is 1. The van der Waals surface area contributed by atoms with E-state index in [0.29, 0.717) is 0 Å². The van der Waals surface area contributed by atoms with Crippen molar-refractivity contribution in [2.24, 2.45) is 0 Å². The average Bonchev–Trinajstić information content (AvgIpc) is 2.96. The van der Waals surface area contributed by atoms with Crippen molar-refractivity contribution in [2.45, 2.75) is 39.8 Å². The molecular weight excluding hydrogens is 420 g/mol. The molecule has 1 heterocycles. The number of esters is 1. The van der Waals surface area contributed by atoms with Gasteiger partial charge >= 0.3 is 5.97 Å². The van der Waals surface area contributed by atoms with Gasteiger partial charge in [0, 0.05) is 12.1 Å². The quantitative estimate of drug-likeness (QED) is 0.499. The Labute approximate surface area is 185 Å². The number of hydrogen-bond acceptors (Lipinski definition) is 5. The Hall–Kier alpha value is -3.19. The Balaban J connectivity index is 1.78. The van der Waals surface area contributed by atoms with Crippen molar-refractivity contribution >= 4 is 41.0 Å². The highest BCUT2D eigenvalue weighted by molar-refractivity contribution is 6.39. The van der Waals surface area contributed by atoms with Gasteiger partial charge in [-0.3, -0.25) is 14.4 Å². The van der Waals surface area contributed by atoms with Crippen LogP contribution < -0.4 is 4.90 Å². The van der Waals surface area contributed by atoms with E-state index in [0.717, 1.165) is 4.90 Å². The standard InChI is InChI=1S/C23H23ClN2O5/c1-13(2)25(14(3)4)20(27)12-31-23(30)15-9-10-16-17(11-15)22(29)26(21(16)28)19-8-6-5-7-18(19)24/h5-11,13-14H,12H2,1-4H3. The van der Waals surface area contributed by atoms with E-state index in [1.807, 2.05) is 27.7 Å². The number of carbonyl (C=O) groups excluding carboxylic acids is 4. The maximum atomic E-state index is 12.9. The minimum absolute atomic E-state index is 0.0365. The summed E-state index contributed by atoms with van der Waals surface area (Å²) in [7, 11) is 0. The molecule has 0 aromatic heterocycles. The number of anilines is 1. The summed E-state index contributed by atoms with van der Waals surface area (Å²) in [6, 6.07) is 10.5. The minimum Gasteiger partial charge on any atom is -0.452 e. The second kappa shape index (κ2) is 8.89. The summed E-state index contributed by atoms with van der Waals surface area (Å²) >= 11 is 6.14. The lowest BCUT2D eigenvalue weighted by Crippen LogP contribution is -2.44. The molecule has 0 atom stereocenters. The molecule has 0 saturated heterocycles. The molecule has 0 N–H and O–H groups in total. The maximum Gasteiger partial charge on any atom is 0.338 e. The lowest BCUT2D eigenvalue weighted by atomic mass is 10.1. The fourth-order valence-electron chi connectivity index (χ4n) is 3.68. The molecule has 2 aromatic rings. The average molecular weight is 443 g/mol. The SMILES string of the molecule is CC(C)N(C(=O)COC(=O)c1ccc2c(c1)C(=O)N(c1ccccc1Cl)C2=O)C(C)C. The predicted octanol–water partition coefficient (Wildman–Crippen LogP) is 3.94. The molecule has 0 saturated carbocycles. The lowest BCUT2D eigenvalue weighted by molar-refractivity contribution is -0.138. The van der Waals surface area contributed by atoms with Crippen molar-refractivity contribution in [3.63, 3.8) is 0 Å². The highest BCUT2D eigenvalue weighted by Gasteiger charge is 2.38. The van der Waals surface area contributed by atoms with Gasteiger partial charge in [-0.2, -0.15) is 0 Å². The fourth-order valence-corrected chi connectivity index (χ4v) is 3.90. The van der Waals surface area contributed by atoms with Gasteiger partial charge in [0.05, 0.1) is 27.4 Å². The largest absolute Gasteiger partial charge is 0.452 e. The Kier molecular flexibility index (Phi) is 6.45. The second-order valence-electron chi connectivity index (χ2n) is 7.72. The van der Waals surface area contributed by atoms with Crippen LogP contribution in [0.2, 0.25) is 5.02 Å². The van der Waals surface area contributed by atoms with Crippen LogP contribution >= 0.6 is 11.6 Å². The van der Waals surface area contributed by atoms with Crippen molar-refractivity contribution in [1.29, 1.82) is 0 Å². The molecule has 31 heavy (non-hydrogen) atoms. The Morgan fingerprint density at radius 1 is 0.968 bits per heavy atom. The minimum atomic E-state index is -0.750. The molecule has 7 nitrogen and oxygen atoms in total. The summed E-state index contributed by atoms with van der Waals surface area (Å²) in [4.78, 5) is 53.1. The normalized spacial score (nSPS) is 13.1. The first-order valence-corrected chi connectivity index (χ1v) is 10.3. The van der Waals surface area contributed by atoms with E-state index in [1.165, 1.54) is 18.2 Å². The predicted molar refractivity (Wildman–Crippen MR) is 116 cm³/mol. The van der Waals surface area contributed by atoms with Gasteiger partial charge in [-0.25, -0.2) is 9.69 Å². The second-order valence-corrected chi connectivity index (χ2v) is 8.13. The number of carbonyl (C=O) groups is 4. The van der Waals surface area contributed by atoms with E-state index >= 15 is 0 Å². The van der Waals surface area contributed by atoms with Gasteiger partial charge in [-0.15, -0.1) is 0 Å². The zero-order valence-corrected chi connectivity index (χ0v) is 18.5. The maximum absolute atomic E-state index is 12.9. The van der Waals surface area contributed by atoms with Crippen LogP contribution in [0, 0.1) is 0 Å². The zero-order chi connectivity index (χ0) is 22.9. The van der Waals surface area contributed by atoms with Crippen LogP contribution in [0.4, 0.5) is 5.69 Å². The number of rotatable bonds is 6. The van der Waals surface area contributed by atoms with E-state index in [-0.39, 0.29) is 45.4 Å². The number of para-hydroxylation sites is 1. The van der Waals surface area contributed by atoms with Crippen molar-refractivity contribution < 1.29 is 23.9 Å². The number of fused-ring (bicyclic) bond motifs is 1. The summed E-state index contributed by atoms with van der Waals surface area (Å²) in [5.74, 6) is -2.16. The van der Waals surface area contributed by atoms with Crippen LogP contribution in [0.3, 0.4) is 0 Å². The van der Waals surface area contributed by atoms with Crippen molar-refractivity contribution in [3.8, 4) is 0 Å². The third kappa shape index (κ3) is 4.32. The number of amides is 3. The van der Waals surface area contributed by atoms with E-state index in [2.05, 4.69) is 0 Å². The number of benzene rings is 2. The molecule has 162 valence electrons. The molecule has 3 amide bonds. The molecule has 0 aliphatic carbocycles. The number of halogens is 1. The molecule has 1 aliphatic rings. The highest BCUT2D eigenvalue weighted by atomic mass is 35.5. The summed E-state index contributed by atoms with van der Waals surface area (Å²) in [5, 5.41) is 0.259. The molecule has 0 fully saturated rings. The number of hydrogen-bond donors (Lipinski definition) is 0. The van der Waals surface area contributed by atoms with Crippen molar-refractivity contribution in [3.05, 3.63) is 64.2 Å². The lowest BCUT2D eigenvalue weighted by Gasteiger charge is -2.30. The Bertz CT molecular complexity index is 1060. The summed E-state index contributed by atoms with van der Waals surface area (Å²) in [6.45, 7) is 7.12. The van der Waals surface area contributed by atoms with Crippen LogP contribution in [0.15, 0.2) is 42.5 Å². The number of ether oxygens (including phenoxy) is 1. The molecule has 2 aromatic carbocycles. The van der Waals surface area contributed by atoms with Gasteiger partial charge in [0.15, 0.2) is 6.61 Å². The number of nitrogens with zero attached hydrogens (tertiary/aromatic N) is 2. The smallest absolute Gasteiger partial charge is 0.338 e. The monoisotopic (exact) mass is 442 g/mol. The third-order valence-corrected chi connectivity index (χ3v) is 5.26. The van der Waals surface area contributed by atoms with E-state index in [1.54, 1.807) is 29.2 Å². The van der Waals surface area contributed by atoms with Gasteiger partial charge in [0.2, 0.25) is 0 Å².